The third-order valence-electron chi connectivity index (χ3n) is 5.86. The van der Waals surface area contributed by atoms with E-state index in [2.05, 4.69) is 51.2 Å². The minimum absolute atomic E-state index is 0.420. The van der Waals surface area contributed by atoms with Crippen LogP contribution in [0.3, 0.4) is 0 Å². The van der Waals surface area contributed by atoms with Crippen LogP contribution in [-0.4, -0.2) is 36.1 Å². The van der Waals surface area contributed by atoms with Crippen molar-refractivity contribution in [1.82, 2.24) is 9.88 Å². The average Bonchev–Trinajstić information content (AvgIpc) is 3.08. The van der Waals surface area contributed by atoms with Crippen LogP contribution >= 0.6 is 0 Å². The van der Waals surface area contributed by atoms with Crippen LogP contribution in [0.2, 0.25) is 0 Å². The minimum Gasteiger partial charge on any atom is -0.370 e. The molecular formula is C21H24N4. The molecule has 2 aromatic rings. The topological polar surface area (TPSA) is 43.2 Å². The van der Waals surface area contributed by atoms with Crippen LogP contribution in [0.15, 0.2) is 48.8 Å². The molecule has 4 heteroatoms. The Balaban J connectivity index is 1.38. The zero-order valence-corrected chi connectivity index (χ0v) is 14.6. The maximum absolute atomic E-state index is 9.33. The van der Waals surface area contributed by atoms with Gasteiger partial charge in [-0.25, -0.2) is 0 Å². The number of aromatic nitrogens is 1. The van der Waals surface area contributed by atoms with E-state index in [1.165, 1.54) is 37.9 Å². The molecule has 0 radical (unpaired) electrons. The molecule has 2 saturated heterocycles. The Labute approximate surface area is 149 Å². The fraction of sp³-hybridized carbons (Fsp3) is 0.429. The Bertz CT molecular complexity index is 757. The second-order valence-corrected chi connectivity index (χ2v) is 7.44. The molecule has 3 heterocycles. The van der Waals surface area contributed by atoms with E-state index in [1.807, 2.05) is 6.07 Å². The molecule has 128 valence electrons. The molecule has 2 fully saturated rings. The number of rotatable bonds is 3. The van der Waals surface area contributed by atoms with Crippen molar-refractivity contribution in [3.8, 4) is 6.07 Å². The first-order valence-electron chi connectivity index (χ1n) is 9.13. The second-order valence-electron chi connectivity index (χ2n) is 7.44. The molecule has 1 spiro atoms. The van der Waals surface area contributed by atoms with Crippen molar-refractivity contribution in [3.63, 3.8) is 0 Å². The largest absolute Gasteiger partial charge is 0.370 e. The molecule has 1 aromatic carbocycles. The third-order valence-corrected chi connectivity index (χ3v) is 5.86. The standard InChI is InChI=1S/C21H24N4/c22-14-19-15-23-10-6-20(19)25-13-9-21(17-25)7-11-24(12-8-21)16-18-4-2-1-3-5-18/h1-6,10,15H,7-9,11-13,16-17H2. The van der Waals surface area contributed by atoms with Gasteiger partial charge in [0, 0.05) is 32.0 Å². The van der Waals surface area contributed by atoms with Gasteiger partial charge in [-0.05, 0) is 49.4 Å². The summed E-state index contributed by atoms with van der Waals surface area (Å²) in [5.74, 6) is 0. The molecule has 0 amide bonds. The Morgan fingerprint density at radius 3 is 2.56 bits per heavy atom. The van der Waals surface area contributed by atoms with E-state index in [-0.39, 0.29) is 0 Å². The van der Waals surface area contributed by atoms with Gasteiger partial charge in [0.05, 0.1) is 11.3 Å². The van der Waals surface area contributed by atoms with E-state index < -0.39 is 0 Å². The first-order valence-corrected chi connectivity index (χ1v) is 9.13. The van der Waals surface area contributed by atoms with Gasteiger partial charge in [-0.1, -0.05) is 30.3 Å². The van der Waals surface area contributed by atoms with Gasteiger partial charge in [-0.15, -0.1) is 0 Å². The summed E-state index contributed by atoms with van der Waals surface area (Å²) in [6.45, 7) is 5.53. The molecular weight excluding hydrogens is 308 g/mol. The number of likely N-dealkylation sites (tertiary alicyclic amines) is 1. The van der Waals surface area contributed by atoms with Crippen molar-refractivity contribution < 1.29 is 0 Å². The van der Waals surface area contributed by atoms with E-state index in [9.17, 15) is 5.26 Å². The number of hydrogen-bond donors (Lipinski definition) is 0. The normalized spacial score (nSPS) is 19.9. The maximum atomic E-state index is 9.33. The zero-order chi connectivity index (χ0) is 17.1. The molecule has 0 saturated carbocycles. The number of anilines is 1. The van der Waals surface area contributed by atoms with E-state index in [0.717, 1.165) is 25.3 Å². The van der Waals surface area contributed by atoms with Gasteiger partial charge in [-0.3, -0.25) is 9.88 Å². The van der Waals surface area contributed by atoms with Crippen LogP contribution in [0.4, 0.5) is 5.69 Å². The summed E-state index contributed by atoms with van der Waals surface area (Å²) in [6, 6.07) is 15.0. The van der Waals surface area contributed by atoms with E-state index >= 15 is 0 Å². The molecule has 2 aliphatic heterocycles. The summed E-state index contributed by atoms with van der Waals surface area (Å²) in [6.07, 6.45) is 7.22. The molecule has 25 heavy (non-hydrogen) atoms. The smallest absolute Gasteiger partial charge is 0.103 e. The lowest BCUT2D eigenvalue weighted by molar-refractivity contribution is 0.115. The third kappa shape index (κ3) is 3.38. The van der Waals surface area contributed by atoms with Gasteiger partial charge in [-0.2, -0.15) is 5.26 Å². The lowest BCUT2D eigenvalue weighted by Gasteiger charge is -2.39. The average molecular weight is 332 g/mol. The van der Waals surface area contributed by atoms with Crippen LogP contribution in [0.1, 0.15) is 30.4 Å². The van der Waals surface area contributed by atoms with Gasteiger partial charge in [0.25, 0.3) is 0 Å². The van der Waals surface area contributed by atoms with E-state index in [0.29, 0.717) is 11.0 Å². The molecule has 0 bridgehead atoms. The Hall–Kier alpha value is -2.38. The summed E-state index contributed by atoms with van der Waals surface area (Å²) in [5, 5.41) is 9.33. The highest BCUT2D eigenvalue weighted by molar-refractivity contribution is 5.58. The molecule has 0 atom stereocenters. The Morgan fingerprint density at radius 1 is 1.04 bits per heavy atom. The fourth-order valence-corrected chi connectivity index (χ4v) is 4.32. The van der Waals surface area contributed by atoms with Crippen molar-refractivity contribution in [2.75, 3.05) is 31.1 Å². The summed E-state index contributed by atoms with van der Waals surface area (Å²) in [5.41, 5.74) is 3.58. The monoisotopic (exact) mass is 332 g/mol. The molecule has 0 aliphatic carbocycles. The predicted molar refractivity (Wildman–Crippen MR) is 99.2 cm³/mol. The van der Waals surface area contributed by atoms with E-state index in [4.69, 9.17) is 0 Å². The quantitative estimate of drug-likeness (QED) is 0.863. The number of nitrogens with zero attached hydrogens (tertiary/aromatic N) is 4. The summed E-state index contributed by atoms with van der Waals surface area (Å²) in [7, 11) is 0. The molecule has 0 N–H and O–H groups in total. The molecule has 2 aliphatic rings. The van der Waals surface area contributed by atoms with Crippen molar-refractivity contribution in [2.24, 2.45) is 5.41 Å². The Morgan fingerprint density at radius 2 is 1.80 bits per heavy atom. The fourth-order valence-electron chi connectivity index (χ4n) is 4.32. The zero-order valence-electron chi connectivity index (χ0n) is 14.6. The number of hydrogen-bond acceptors (Lipinski definition) is 4. The first kappa shape index (κ1) is 16.1. The van der Waals surface area contributed by atoms with Gasteiger partial charge in [0.1, 0.15) is 6.07 Å². The molecule has 4 rings (SSSR count). The number of benzene rings is 1. The summed E-state index contributed by atoms with van der Waals surface area (Å²) >= 11 is 0. The molecule has 0 unspecified atom stereocenters. The highest BCUT2D eigenvalue weighted by Crippen LogP contribution is 2.42. The van der Waals surface area contributed by atoms with Crippen molar-refractivity contribution >= 4 is 5.69 Å². The van der Waals surface area contributed by atoms with Crippen LogP contribution < -0.4 is 4.90 Å². The number of nitriles is 1. The van der Waals surface area contributed by atoms with Crippen LogP contribution in [0, 0.1) is 16.7 Å². The summed E-state index contributed by atoms with van der Waals surface area (Å²) in [4.78, 5) is 9.06. The van der Waals surface area contributed by atoms with Crippen LogP contribution in [0.25, 0.3) is 0 Å². The minimum atomic E-state index is 0.420. The van der Waals surface area contributed by atoms with Gasteiger partial charge >= 0.3 is 0 Å². The second kappa shape index (κ2) is 6.85. The Kier molecular flexibility index (Phi) is 4.42. The van der Waals surface area contributed by atoms with E-state index in [1.54, 1.807) is 12.4 Å². The predicted octanol–water partition coefficient (Wildman–Crippen LogP) is 3.45. The highest BCUT2D eigenvalue weighted by Gasteiger charge is 2.40. The van der Waals surface area contributed by atoms with Crippen LogP contribution in [-0.2, 0) is 6.54 Å². The number of pyridine rings is 1. The van der Waals surface area contributed by atoms with Crippen molar-refractivity contribution in [3.05, 3.63) is 59.9 Å². The molecule has 4 nitrogen and oxygen atoms in total. The summed E-state index contributed by atoms with van der Waals surface area (Å²) < 4.78 is 0. The maximum Gasteiger partial charge on any atom is 0.103 e. The lowest BCUT2D eigenvalue weighted by Crippen LogP contribution is -2.41. The van der Waals surface area contributed by atoms with Crippen LogP contribution in [0.5, 0.6) is 0 Å². The molecule has 1 aromatic heterocycles. The first-order chi connectivity index (χ1) is 12.3. The van der Waals surface area contributed by atoms with Gasteiger partial charge < -0.3 is 4.90 Å². The lowest BCUT2D eigenvalue weighted by atomic mass is 9.77. The SMILES string of the molecule is N#Cc1cnccc1N1CCC2(CCN(Cc3ccccc3)CC2)C1. The van der Waals surface area contributed by atoms with Crippen molar-refractivity contribution in [2.45, 2.75) is 25.8 Å². The number of piperidine rings is 1. The highest BCUT2D eigenvalue weighted by atomic mass is 15.2. The van der Waals surface area contributed by atoms with Crippen molar-refractivity contribution in [1.29, 1.82) is 5.26 Å². The van der Waals surface area contributed by atoms with Gasteiger partial charge in [0.15, 0.2) is 0 Å². The van der Waals surface area contributed by atoms with Gasteiger partial charge in [0.2, 0.25) is 0 Å².